The van der Waals surface area contributed by atoms with Crippen molar-refractivity contribution in [2.24, 2.45) is 0 Å². The highest BCUT2D eigenvalue weighted by molar-refractivity contribution is 6.07. The van der Waals surface area contributed by atoms with Crippen molar-refractivity contribution in [1.29, 1.82) is 0 Å². The van der Waals surface area contributed by atoms with E-state index in [0.717, 1.165) is 4.48 Å². The van der Waals surface area contributed by atoms with Gasteiger partial charge < -0.3 is 0 Å². The summed E-state index contributed by atoms with van der Waals surface area (Å²) in [6.45, 7) is 0. The van der Waals surface area contributed by atoms with E-state index in [4.69, 9.17) is 0 Å². The summed E-state index contributed by atoms with van der Waals surface area (Å²) in [7, 11) is 6.63. The normalized spacial score (nSPS) is 11.8. The Labute approximate surface area is 178 Å². The smallest absolute Gasteiger partial charge is 0.132 e. The molecule has 5 rings (SSSR count). The van der Waals surface area contributed by atoms with Gasteiger partial charge in [0.2, 0.25) is 0 Å². The Balaban J connectivity index is 1.77. The highest BCUT2D eigenvalue weighted by atomic mass is 15.3. The predicted octanol–water partition coefficient (Wildman–Crippen LogP) is 7.52. The molecule has 0 atom stereocenters. The second-order valence-electron chi connectivity index (χ2n) is 8.83. The van der Waals surface area contributed by atoms with Gasteiger partial charge in [-0.1, -0.05) is 84.9 Å². The van der Waals surface area contributed by atoms with Gasteiger partial charge in [-0.05, 0) is 55.9 Å². The van der Waals surface area contributed by atoms with Crippen LogP contribution in [-0.4, -0.2) is 21.1 Å². The minimum absolute atomic E-state index is 0.802. The van der Waals surface area contributed by atoms with Crippen LogP contribution < -0.4 is 4.48 Å². The molecule has 0 heterocycles. The molecule has 0 N–H and O–H groups in total. The van der Waals surface area contributed by atoms with Crippen molar-refractivity contribution in [3.05, 3.63) is 103 Å². The van der Waals surface area contributed by atoms with Crippen LogP contribution in [0.2, 0.25) is 0 Å². The van der Waals surface area contributed by atoms with Gasteiger partial charge in [0.15, 0.2) is 0 Å². The molecule has 1 heteroatoms. The first kappa shape index (κ1) is 18.6. The third-order valence-electron chi connectivity index (χ3n) is 5.90. The summed E-state index contributed by atoms with van der Waals surface area (Å²) >= 11 is 0. The molecule has 0 fully saturated rings. The van der Waals surface area contributed by atoms with E-state index in [1.54, 1.807) is 0 Å². The molecule has 0 aliphatic heterocycles. The van der Waals surface area contributed by atoms with E-state index in [9.17, 15) is 0 Å². The fourth-order valence-electron chi connectivity index (χ4n) is 4.27. The molecule has 0 amide bonds. The van der Waals surface area contributed by atoms with Crippen molar-refractivity contribution in [2.45, 2.75) is 0 Å². The third kappa shape index (κ3) is 3.28. The molecule has 0 radical (unpaired) electrons. The molecular formula is C29H26N+. The first-order valence-electron chi connectivity index (χ1n) is 10.4. The van der Waals surface area contributed by atoms with Crippen LogP contribution in [0.3, 0.4) is 0 Å². The van der Waals surface area contributed by atoms with Crippen molar-refractivity contribution in [1.82, 2.24) is 4.48 Å². The number of hydrogen-bond donors (Lipinski definition) is 0. The molecule has 0 saturated carbocycles. The molecule has 5 aromatic carbocycles. The summed E-state index contributed by atoms with van der Waals surface area (Å²) < 4.78 is 0.802. The maximum absolute atomic E-state index is 2.33. The molecule has 0 bridgehead atoms. The Morgan fingerprint density at radius 1 is 0.467 bits per heavy atom. The lowest BCUT2D eigenvalue weighted by atomic mass is 9.90. The Bertz CT molecular complexity index is 1370. The molecular weight excluding hydrogens is 362 g/mol. The topological polar surface area (TPSA) is 0 Å². The average molecular weight is 389 g/mol. The molecule has 146 valence electrons. The van der Waals surface area contributed by atoms with Crippen LogP contribution in [0.1, 0.15) is 0 Å². The van der Waals surface area contributed by atoms with Crippen molar-refractivity contribution >= 4 is 27.2 Å². The predicted molar refractivity (Wildman–Crippen MR) is 132 cm³/mol. The number of hydrogen-bond acceptors (Lipinski definition) is 0. The van der Waals surface area contributed by atoms with Crippen LogP contribution in [0.5, 0.6) is 0 Å². The highest BCUT2D eigenvalue weighted by Gasteiger charge is 2.15. The summed E-state index contributed by atoms with van der Waals surface area (Å²) in [6, 6.07) is 37.5. The van der Waals surface area contributed by atoms with Gasteiger partial charge >= 0.3 is 0 Å². The van der Waals surface area contributed by atoms with Crippen LogP contribution in [0.15, 0.2) is 103 Å². The first-order chi connectivity index (χ1) is 14.5. The summed E-state index contributed by atoms with van der Waals surface area (Å²) in [6.07, 6.45) is 0. The molecule has 30 heavy (non-hydrogen) atoms. The van der Waals surface area contributed by atoms with Gasteiger partial charge in [0.25, 0.3) is 0 Å². The van der Waals surface area contributed by atoms with Gasteiger partial charge in [-0.3, -0.25) is 4.48 Å². The van der Waals surface area contributed by atoms with Crippen molar-refractivity contribution in [3.8, 4) is 22.3 Å². The quantitative estimate of drug-likeness (QED) is 0.280. The number of nitrogens with zero attached hydrogens (tertiary/aromatic N) is 1. The van der Waals surface area contributed by atoms with E-state index in [0.29, 0.717) is 0 Å². The van der Waals surface area contributed by atoms with E-state index in [1.807, 2.05) is 0 Å². The van der Waals surface area contributed by atoms with E-state index in [2.05, 4.69) is 124 Å². The monoisotopic (exact) mass is 388 g/mol. The summed E-state index contributed by atoms with van der Waals surface area (Å²) in [5.74, 6) is 0. The number of benzene rings is 5. The molecule has 1 nitrogen and oxygen atoms in total. The maximum Gasteiger partial charge on any atom is 0.132 e. The average Bonchev–Trinajstić information content (AvgIpc) is 2.77. The van der Waals surface area contributed by atoms with Gasteiger partial charge in [-0.15, -0.1) is 0 Å². The van der Waals surface area contributed by atoms with Gasteiger partial charge in [0, 0.05) is 6.07 Å². The van der Waals surface area contributed by atoms with E-state index < -0.39 is 0 Å². The summed E-state index contributed by atoms with van der Waals surface area (Å²) in [5.41, 5.74) is 6.39. The van der Waals surface area contributed by atoms with Crippen LogP contribution in [0.4, 0.5) is 5.69 Å². The lowest BCUT2D eigenvalue weighted by Crippen LogP contribution is -2.34. The maximum atomic E-state index is 2.33. The molecule has 0 spiro atoms. The van der Waals surface area contributed by atoms with Crippen molar-refractivity contribution in [3.63, 3.8) is 0 Å². The highest BCUT2D eigenvalue weighted by Crippen LogP contribution is 2.38. The second-order valence-corrected chi connectivity index (χ2v) is 8.83. The molecule has 0 saturated heterocycles. The Morgan fingerprint density at radius 3 is 1.77 bits per heavy atom. The lowest BCUT2D eigenvalue weighted by Gasteiger charge is -2.24. The zero-order chi connectivity index (χ0) is 20.7. The minimum Gasteiger partial charge on any atom is -0.298 e. The van der Waals surface area contributed by atoms with E-state index >= 15 is 0 Å². The molecule has 0 aromatic heterocycles. The van der Waals surface area contributed by atoms with Crippen LogP contribution in [-0.2, 0) is 0 Å². The number of quaternary nitrogens is 1. The molecule has 5 aromatic rings. The Kier molecular flexibility index (Phi) is 4.42. The molecule has 0 aliphatic carbocycles. The van der Waals surface area contributed by atoms with Crippen molar-refractivity contribution < 1.29 is 0 Å². The Hall–Kier alpha value is -3.42. The van der Waals surface area contributed by atoms with E-state index in [-0.39, 0.29) is 0 Å². The minimum atomic E-state index is 0.802. The Morgan fingerprint density at radius 2 is 1.07 bits per heavy atom. The zero-order valence-electron chi connectivity index (χ0n) is 17.8. The zero-order valence-corrected chi connectivity index (χ0v) is 17.8. The van der Waals surface area contributed by atoms with Gasteiger partial charge in [-0.2, -0.15) is 0 Å². The fourth-order valence-corrected chi connectivity index (χ4v) is 4.27. The molecule has 0 unspecified atom stereocenters. The largest absolute Gasteiger partial charge is 0.298 e. The van der Waals surface area contributed by atoms with Gasteiger partial charge in [0.1, 0.15) is 5.69 Å². The van der Waals surface area contributed by atoms with E-state index in [1.165, 1.54) is 49.5 Å². The van der Waals surface area contributed by atoms with Crippen LogP contribution in [0, 0.1) is 0 Å². The number of rotatable bonds is 3. The van der Waals surface area contributed by atoms with Crippen molar-refractivity contribution in [2.75, 3.05) is 21.1 Å². The van der Waals surface area contributed by atoms with Gasteiger partial charge in [0.05, 0.1) is 21.1 Å². The molecule has 0 aliphatic rings. The second kappa shape index (κ2) is 7.12. The van der Waals surface area contributed by atoms with Crippen LogP contribution >= 0.6 is 0 Å². The standard InChI is InChI=1S/C29H26N/c1-30(2,3)26-14-6-13-24(20-26)27-15-7-11-22-12-8-16-28(29(22)27)25-18-17-21-9-4-5-10-23(21)19-25/h4-20H,1-3H3/q+1. The summed E-state index contributed by atoms with van der Waals surface area (Å²) in [4.78, 5) is 0. The first-order valence-corrected chi connectivity index (χ1v) is 10.4. The SMILES string of the molecule is C[N+](C)(C)c1cccc(-c2cccc3cccc(-c4ccc5ccccc5c4)c23)c1. The number of fused-ring (bicyclic) bond motifs is 2. The fraction of sp³-hybridized carbons (Fsp3) is 0.103. The van der Waals surface area contributed by atoms with Gasteiger partial charge in [-0.25, -0.2) is 0 Å². The third-order valence-corrected chi connectivity index (χ3v) is 5.90. The summed E-state index contributed by atoms with van der Waals surface area (Å²) in [5, 5.41) is 5.14. The lowest BCUT2D eigenvalue weighted by molar-refractivity contribution is 0.486. The van der Waals surface area contributed by atoms with Crippen LogP contribution in [0.25, 0.3) is 43.8 Å².